The molecule has 0 atom stereocenters. The number of nitrogens with one attached hydrogen (secondary N) is 1. The number of nitrogens with zero attached hydrogens (tertiary/aromatic N) is 3. The van der Waals surface area contributed by atoms with Crippen molar-refractivity contribution in [1.82, 2.24) is 19.7 Å². The first-order valence-electron chi connectivity index (χ1n) is 7.43. The zero-order valence-corrected chi connectivity index (χ0v) is 14.7. The molecule has 0 bridgehead atoms. The highest BCUT2D eigenvalue weighted by molar-refractivity contribution is 7.20. The van der Waals surface area contributed by atoms with E-state index in [-0.39, 0.29) is 23.6 Å². The van der Waals surface area contributed by atoms with Crippen molar-refractivity contribution in [3.05, 3.63) is 27.5 Å². The smallest absolute Gasteiger partial charge is 0.291 e. The number of hydrogen-bond donors (Lipinski definition) is 1. The summed E-state index contributed by atoms with van der Waals surface area (Å²) in [5.41, 5.74) is 1.04. The fourth-order valence-electron chi connectivity index (χ4n) is 2.74. The molecule has 0 saturated heterocycles. The standard InChI is InChI=1S/C16H20N4O2S/c1-9-6-11-14(23-9)10-7-17-20(15(22)13(10)19(11)5)8-12(21)18-16(2,3)4/h6-7H,8H2,1-5H3,(H,18,21). The molecule has 122 valence electrons. The molecule has 0 fully saturated rings. The van der Waals surface area contributed by atoms with Gasteiger partial charge in [0.25, 0.3) is 5.56 Å². The Balaban J connectivity index is 2.07. The highest BCUT2D eigenvalue weighted by Crippen LogP contribution is 2.32. The van der Waals surface area contributed by atoms with Crippen LogP contribution >= 0.6 is 11.3 Å². The lowest BCUT2D eigenvalue weighted by Crippen LogP contribution is -2.43. The minimum atomic E-state index is -0.337. The van der Waals surface area contributed by atoms with Gasteiger partial charge in [-0.25, -0.2) is 4.68 Å². The number of carbonyl (C=O) groups excluding carboxylic acids is 1. The molecule has 0 aromatic carbocycles. The molecule has 0 aliphatic heterocycles. The van der Waals surface area contributed by atoms with Crippen LogP contribution in [0.3, 0.4) is 0 Å². The topological polar surface area (TPSA) is 68.9 Å². The fraction of sp³-hybridized carbons (Fsp3) is 0.438. The highest BCUT2D eigenvalue weighted by atomic mass is 32.1. The zero-order valence-electron chi connectivity index (χ0n) is 13.9. The number of amides is 1. The number of aryl methyl sites for hydroxylation is 2. The third kappa shape index (κ3) is 2.76. The van der Waals surface area contributed by atoms with Crippen LogP contribution in [-0.2, 0) is 18.4 Å². The van der Waals surface area contributed by atoms with E-state index in [0.717, 1.165) is 15.6 Å². The van der Waals surface area contributed by atoms with Crippen LogP contribution in [0, 0.1) is 6.92 Å². The number of fused-ring (bicyclic) bond motifs is 3. The van der Waals surface area contributed by atoms with E-state index in [9.17, 15) is 9.59 Å². The second-order valence-corrected chi connectivity index (χ2v) is 8.05. The van der Waals surface area contributed by atoms with Gasteiger partial charge in [-0.15, -0.1) is 11.3 Å². The maximum absolute atomic E-state index is 12.7. The summed E-state index contributed by atoms with van der Waals surface area (Å²) in [6.07, 6.45) is 1.68. The molecule has 6 nitrogen and oxygen atoms in total. The average Bonchev–Trinajstić information content (AvgIpc) is 2.89. The molecule has 23 heavy (non-hydrogen) atoms. The highest BCUT2D eigenvalue weighted by Gasteiger charge is 2.18. The Labute approximate surface area is 137 Å². The van der Waals surface area contributed by atoms with Gasteiger partial charge in [0.1, 0.15) is 12.1 Å². The van der Waals surface area contributed by atoms with Crippen molar-refractivity contribution < 1.29 is 4.79 Å². The van der Waals surface area contributed by atoms with Crippen LogP contribution in [0.5, 0.6) is 0 Å². The van der Waals surface area contributed by atoms with E-state index in [1.54, 1.807) is 17.5 Å². The molecule has 0 saturated carbocycles. The molecule has 3 heterocycles. The second kappa shape index (κ2) is 5.19. The van der Waals surface area contributed by atoms with Crippen molar-refractivity contribution in [3.63, 3.8) is 0 Å². The molecule has 0 radical (unpaired) electrons. The maximum Gasteiger partial charge on any atom is 0.291 e. The number of aromatic nitrogens is 3. The molecule has 0 aliphatic carbocycles. The summed E-state index contributed by atoms with van der Waals surface area (Å²) in [5.74, 6) is -0.224. The van der Waals surface area contributed by atoms with Gasteiger partial charge in [0.05, 0.1) is 16.4 Å². The van der Waals surface area contributed by atoms with Crippen molar-refractivity contribution in [2.75, 3.05) is 0 Å². The molecular weight excluding hydrogens is 312 g/mol. The number of carbonyl (C=O) groups is 1. The van der Waals surface area contributed by atoms with E-state index in [0.29, 0.717) is 5.52 Å². The summed E-state index contributed by atoms with van der Waals surface area (Å²) < 4.78 is 4.17. The molecular formula is C16H20N4O2S. The van der Waals surface area contributed by atoms with Crippen LogP contribution < -0.4 is 10.9 Å². The zero-order chi connectivity index (χ0) is 16.9. The summed E-state index contributed by atoms with van der Waals surface area (Å²) in [6.45, 7) is 7.67. The lowest BCUT2D eigenvalue weighted by atomic mass is 10.1. The van der Waals surface area contributed by atoms with Gasteiger partial charge in [-0.05, 0) is 33.8 Å². The third-order valence-electron chi connectivity index (χ3n) is 3.60. The normalized spacial score (nSPS) is 12.2. The maximum atomic E-state index is 12.7. The van der Waals surface area contributed by atoms with Crippen LogP contribution in [0.2, 0.25) is 0 Å². The predicted molar refractivity (Wildman–Crippen MR) is 93.0 cm³/mol. The fourth-order valence-corrected chi connectivity index (χ4v) is 3.79. The van der Waals surface area contributed by atoms with Crippen LogP contribution in [0.1, 0.15) is 25.6 Å². The van der Waals surface area contributed by atoms with Crippen LogP contribution in [0.25, 0.3) is 21.1 Å². The molecule has 1 amide bonds. The van der Waals surface area contributed by atoms with Crippen LogP contribution in [0.15, 0.2) is 17.1 Å². The Bertz CT molecular complexity index is 972. The summed E-state index contributed by atoms with van der Waals surface area (Å²) in [6, 6.07) is 2.07. The van der Waals surface area contributed by atoms with E-state index in [1.165, 1.54) is 9.56 Å². The monoisotopic (exact) mass is 332 g/mol. The Morgan fingerprint density at radius 3 is 2.74 bits per heavy atom. The summed E-state index contributed by atoms with van der Waals surface area (Å²) >= 11 is 1.65. The lowest BCUT2D eigenvalue weighted by molar-refractivity contribution is -0.123. The number of hydrogen-bond acceptors (Lipinski definition) is 4. The molecule has 0 aliphatic rings. The molecule has 7 heteroatoms. The average molecular weight is 332 g/mol. The van der Waals surface area contributed by atoms with Crippen LogP contribution in [-0.4, -0.2) is 25.8 Å². The van der Waals surface area contributed by atoms with Crippen LogP contribution in [0.4, 0.5) is 0 Å². The first kappa shape index (κ1) is 15.7. The van der Waals surface area contributed by atoms with Crippen molar-refractivity contribution >= 4 is 38.4 Å². The number of rotatable bonds is 2. The van der Waals surface area contributed by atoms with Crippen molar-refractivity contribution in [3.8, 4) is 0 Å². The molecule has 0 spiro atoms. The van der Waals surface area contributed by atoms with Gasteiger partial charge >= 0.3 is 0 Å². The minimum absolute atomic E-state index is 0.0795. The summed E-state index contributed by atoms with van der Waals surface area (Å²) in [4.78, 5) is 26.0. The minimum Gasteiger partial charge on any atom is -0.350 e. The summed E-state index contributed by atoms with van der Waals surface area (Å²) in [5, 5.41) is 7.87. The molecule has 3 aromatic heterocycles. The van der Waals surface area contributed by atoms with E-state index < -0.39 is 0 Å². The largest absolute Gasteiger partial charge is 0.350 e. The SMILES string of the molecule is Cc1cc2c(s1)c1cnn(CC(=O)NC(C)(C)C)c(=O)c1n2C. The van der Waals surface area contributed by atoms with Crippen molar-refractivity contribution in [1.29, 1.82) is 0 Å². The van der Waals surface area contributed by atoms with Gasteiger partial charge < -0.3 is 9.88 Å². The quantitative estimate of drug-likeness (QED) is 0.782. The Hall–Kier alpha value is -2.15. The Kier molecular flexibility index (Phi) is 3.55. The third-order valence-corrected chi connectivity index (χ3v) is 4.68. The van der Waals surface area contributed by atoms with E-state index in [1.807, 2.05) is 39.3 Å². The Morgan fingerprint density at radius 1 is 1.39 bits per heavy atom. The van der Waals surface area contributed by atoms with Gasteiger partial charge in [-0.2, -0.15) is 5.10 Å². The van der Waals surface area contributed by atoms with Gasteiger partial charge in [0, 0.05) is 22.8 Å². The van der Waals surface area contributed by atoms with E-state index >= 15 is 0 Å². The van der Waals surface area contributed by atoms with Gasteiger partial charge in [-0.1, -0.05) is 0 Å². The first-order valence-corrected chi connectivity index (χ1v) is 8.25. The van der Waals surface area contributed by atoms with Gasteiger partial charge in [-0.3, -0.25) is 9.59 Å². The molecule has 3 rings (SSSR count). The lowest BCUT2D eigenvalue weighted by Gasteiger charge is -2.20. The van der Waals surface area contributed by atoms with Crippen molar-refractivity contribution in [2.24, 2.45) is 7.05 Å². The Morgan fingerprint density at radius 2 is 2.09 bits per heavy atom. The van der Waals surface area contributed by atoms with Gasteiger partial charge in [0.2, 0.25) is 5.91 Å². The predicted octanol–water partition coefficient (Wildman–Crippen LogP) is 2.17. The van der Waals surface area contributed by atoms with E-state index in [2.05, 4.69) is 16.5 Å². The summed E-state index contributed by atoms with van der Waals surface area (Å²) in [7, 11) is 1.87. The van der Waals surface area contributed by atoms with E-state index in [4.69, 9.17) is 0 Å². The molecule has 0 unspecified atom stereocenters. The molecule has 3 aromatic rings. The van der Waals surface area contributed by atoms with Crippen molar-refractivity contribution in [2.45, 2.75) is 39.8 Å². The molecule has 1 N–H and O–H groups in total. The van der Waals surface area contributed by atoms with Gasteiger partial charge in [0.15, 0.2) is 0 Å². The second-order valence-electron chi connectivity index (χ2n) is 6.80. The first-order chi connectivity index (χ1) is 10.7. The number of thiophene rings is 1.